The van der Waals surface area contributed by atoms with Crippen LogP contribution in [0.15, 0.2) is 0 Å². The first kappa shape index (κ1) is 12.2. The smallest absolute Gasteiger partial charge is 0.0308 e. The third kappa shape index (κ3) is 10.2. The maximum Gasteiger partial charge on any atom is 0.0308 e. The van der Waals surface area contributed by atoms with E-state index in [-0.39, 0.29) is 0 Å². The van der Waals surface area contributed by atoms with E-state index in [1.54, 1.807) is 0 Å². The van der Waals surface area contributed by atoms with Gasteiger partial charge >= 0.3 is 0 Å². The van der Waals surface area contributed by atoms with Crippen LogP contribution < -0.4 is 5.32 Å². The SMILES string of the molecule is CC(C)CCNCCCC(C)Cl. The lowest BCUT2D eigenvalue weighted by atomic mass is 10.1. The predicted molar refractivity (Wildman–Crippen MR) is 56.9 cm³/mol. The first-order valence-corrected chi connectivity index (χ1v) is 5.41. The highest BCUT2D eigenvalue weighted by atomic mass is 35.5. The van der Waals surface area contributed by atoms with Crippen LogP contribution in [0.1, 0.15) is 40.0 Å². The van der Waals surface area contributed by atoms with Crippen molar-refractivity contribution in [2.45, 2.75) is 45.4 Å². The third-order valence-corrected chi connectivity index (χ3v) is 2.07. The monoisotopic (exact) mass is 191 g/mol. The number of halogens is 1. The molecule has 2 heteroatoms. The average molecular weight is 192 g/mol. The summed E-state index contributed by atoms with van der Waals surface area (Å²) >= 11 is 5.81. The van der Waals surface area contributed by atoms with Crippen molar-refractivity contribution in [3.8, 4) is 0 Å². The van der Waals surface area contributed by atoms with E-state index in [1.807, 2.05) is 0 Å². The Hall–Kier alpha value is 0.250. The first-order chi connectivity index (χ1) is 5.63. The van der Waals surface area contributed by atoms with E-state index in [0.717, 1.165) is 25.4 Å². The maximum absolute atomic E-state index is 5.81. The van der Waals surface area contributed by atoms with Gasteiger partial charge in [0.2, 0.25) is 0 Å². The van der Waals surface area contributed by atoms with E-state index < -0.39 is 0 Å². The van der Waals surface area contributed by atoms with Crippen LogP contribution in [0.25, 0.3) is 0 Å². The Morgan fingerprint density at radius 2 is 1.75 bits per heavy atom. The van der Waals surface area contributed by atoms with E-state index in [0.29, 0.717) is 5.38 Å². The summed E-state index contributed by atoms with van der Waals surface area (Å²) in [6, 6.07) is 0. The van der Waals surface area contributed by atoms with Crippen molar-refractivity contribution in [2.75, 3.05) is 13.1 Å². The summed E-state index contributed by atoms with van der Waals surface area (Å²) in [7, 11) is 0. The van der Waals surface area contributed by atoms with Gasteiger partial charge in [-0.3, -0.25) is 0 Å². The molecule has 0 heterocycles. The highest BCUT2D eigenvalue weighted by Crippen LogP contribution is 2.02. The molecule has 0 aromatic rings. The van der Waals surface area contributed by atoms with E-state index in [2.05, 4.69) is 26.1 Å². The number of alkyl halides is 1. The zero-order chi connectivity index (χ0) is 9.40. The second kappa shape index (κ2) is 7.88. The second-order valence-corrected chi connectivity index (χ2v) is 4.60. The Kier molecular flexibility index (Phi) is 8.04. The van der Waals surface area contributed by atoms with Crippen LogP contribution >= 0.6 is 11.6 Å². The Labute approximate surface area is 81.9 Å². The number of rotatable bonds is 7. The molecule has 1 N–H and O–H groups in total. The lowest BCUT2D eigenvalue weighted by Crippen LogP contribution is -2.18. The van der Waals surface area contributed by atoms with Crippen LogP contribution in [0.2, 0.25) is 0 Å². The van der Waals surface area contributed by atoms with Gasteiger partial charge < -0.3 is 5.32 Å². The third-order valence-electron chi connectivity index (χ3n) is 1.85. The summed E-state index contributed by atoms with van der Waals surface area (Å²) in [6.45, 7) is 8.82. The van der Waals surface area contributed by atoms with Crippen LogP contribution in [0, 0.1) is 5.92 Å². The summed E-state index contributed by atoms with van der Waals surface area (Å²) in [5.74, 6) is 0.810. The molecule has 0 aliphatic heterocycles. The number of nitrogens with one attached hydrogen (secondary N) is 1. The minimum atomic E-state index is 0.330. The Balaban J connectivity index is 2.91. The molecule has 0 spiro atoms. The van der Waals surface area contributed by atoms with Crippen molar-refractivity contribution in [1.29, 1.82) is 0 Å². The molecule has 74 valence electrons. The van der Waals surface area contributed by atoms with Crippen molar-refractivity contribution in [1.82, 2.24) is 5.32 Å². The molecule has 12 heavy (non-hydrogen) atoms. The predicted octanol–water partition coefficient (Wildman–Crippen LogP) is 3.03. The Morgan fingerprint density at radius 3 is 2.25 bits per heavy atom. The molecule has 1 unspecified atom stereocenters. The molecule has 0 aromatic heterocycles. The molecular formula is C10H22ClN. The topological polar surface area (TPSA) is 12.0 Å². The molecule has 0 fully saturated rings. The van der Waals surface area contributed by atoms with Gasteiger partial charge in [-0.15, -0.1) is 11.6 Å². The highest BCUT2D eigenvalue weighted by molar-refractivity contribution is 6.20. The fraction of sp³-hybridized carbons (Fsp3) is 1.00. The molecule has 0 aliphatic carbocycles. The molecule has 1 nitrogen and oxygen atoms in total. The molecule has 0 amide bonds. The molecule has 0 radical (unpaired) electrons. The van der Waals surface area contributed by atoms with Crippen LogP contribution in [0.4, 0.5) is 0 Å². The maximum atomic E-state index is 5.81. The van der Waals surface area contributed by atoms with E-state index in [1.165, 1.54) is 12.8 Å². The van der Waals surface area contributed by atoms with Crippen LogP contribution in [-0.4, -0.2) is 18.5 Å². The molecule has 0 rings (SSSR count). The molecular weight excluding hydrogens is 170 g/mol. The standard InChI is InChI=1S/C10H22ClN/c1-9(2)6-8-12-7-4-5-10(3)11/h9-10,12H,4-8H2,1-3H3. The summed E-state index contributed by atoms with van der Waals surface area (Å²) < 4.78 is 0. The fourth-order valence-electron chi connectivity index (χ4n) is 1.02. The summed E-state index contributed by atoms with van der Waals surface area (Å²) in [5, 5.41) is 3.74. The van der Waals surface area contributed by atoms with E-state index in [9.17, 15) is 0 Å². The van der Waals surface area contributed by atoms with Gasteiger partial charge in [0.1, 0.15) is 0 Å². The van der Waals surface area contributed by atoms with Gasteiger partial charge in [-0.2, -0.15) is 0 Å². The summed E-state index contributed by atoms with van der Waals surface area (Å²) in [4.78, 5) is 0. The largest absolute Gasteiger partial charge is 0.317 e. The van der Waals surface area contributed by atoms with Crippen molar-refractivity contribution in [3.63, 3.8) is 0 Å². The first-order valence-electron chi connectivity index (χ1n) is 4.97. The van der Waals surface area contributed by atoms with E-state index >= 15 is 0 Å². The molecule has 1 atom stereocenters. The fourth-order valence-corrected chi connectivity index (χ4v) is 1.18. The quantitative estimate of drug-likeness (QED) is 0.482. The van der Waals surface area contributed by atoms with Gasteiger partial charge in [-0.1, -0.05) is 13.8 Å². The number of hydrogen-bond donors (Lipinski definition) is 1. The van der Waals surface area contributed by atoms with Gasteiger partial charge in [0.05, 0.1) is 0 Å². The van der Waals surface area contributed by atoms with Gasteiger partial charge in [-0.25, -0.2) is 0 Å². The van der Waals surface area contributed by atoms with Gasteiger partial charge in [-0.05, 0) is 45.2 Å². The van der Waals surface area contributed by atoms with Crippen LogP contribution in [0.3, 0.4) is 0 Å². The molecule has 0 saturated heterocycles. The van der Waals surface area contributed by atoms with Crippen molar-refractivity contribution >= 4 is 11.6 Å². The minimum Gasteiger partial charge on any atom is -0.317 e. The molecule has 0 bridgehead atoms. The van der Waals surface area contributed by atoms with Crippen molar-refractivity contribution < 1.29 is 0 Å². The molecule has 0 aromatic carbocycles. The van der Waals surface area contributed by atoms with Crippen LogP contribution in [0.5, 0.6) is 0 Å². The van der Waals surface area contributed by atoms with Crippen LogP contribution in [-0.2, 0) is 0 Å². The lowest BCUT2D eigenvalue weighted by molar-refractivity contribution is 0.526. The van der Waals surface area contributed by atoms with Crippen molar-refractivity contribution in [2.24, 2.45) is 5.92 Å². The second-order valence-electron chi connectivity index (χ2n) is 3.86. The zero-order valence-electron chi connectivity index (χ0n) is 8.57. The van der Waals surface area contributed by atoms with Gasteiger partial charge in [0.15, 0.2) is 0 Å². The summed E-state index contributed by atoms with van der Waals surface area (Å²) in [6.07, 6.45) is 3.59. The highest BCUT2D eigenvalue weighted by Gasteiger charge is 1.96. The normalized spacial score (nSPS) is 13.8. The Bertz CT molecular complexity index is 79.8. The Morgan fingerprint density at radius 1 is 1.08 bits per heavy atom. The lowest BCUT2D eigenvalue weighted by Gasteiger charge is -2.07. The summed E-state index contributed by atoms with van der Waals surface area (Å²) in [5.41, 5.74) is 0. The minimum absolute atomic E-state index is 0.330. The van der Waals surface area contributed by atoms with Gasteiger partial charge in [0, 0.05) is 5.38 Å². The van der Waals surface area contributed by atoms with E-state index in [4.69, 9.17) is 11.6 Å². The zero-order valence-corrected chi connectivity index (χ0v) is 9.32. The number of hydrogen-bond acceptors (Lipinski definition) is 1. The molecule has 0 aliphatic rings. The van der Waals surface area contributed by atoms with Crippen molar-refractivity contribution in [3.05, 3.63) is 0 Å². The molecule has 0 saturated carbocycles. The average Bonchev–Trinajstić information content (AvgIpc) is 1.95. The van der Waals surface area contributed by atoms with Gasteiger partial charge in [0.25, 0.3) is 0 Å².